The Morgan fingerprint density at radius 2 is 2.26 bits per heavy atom. The number of nitrogens with one attached hydrogen (secondary N) is 1. The highest BCUT2D eigenvalue weighted by molar-refractivity contribution is 7.09. The first-order chi connectivity index (χ1) is 9.06. The van der Waals surface area contributed by atoms with Crippen LogP contribution in [-0.4, -0.2) is 17.1 Å². The van der Waals surface area contributed by atoms with Gasteiger partial charge in [0.15, 0.2) is 0 Å². The van der Waals surface area contributed by atoms with Gasteiger partial charge in [0.1, 0.15) is 0 Å². The van der Waals surface area contributed by atoms with Crippen molar-refractivity contribution < 1.29 is 9.90 Å². The van der Waals surface area contributed by atoms with E-state index < -0.39 is 5.97 Å². The summed E-state index contributed by atoms with van der Waals surface area (Å²) in [6.07, 6.45) is 0.862. The molecule has 0 aliphatic rings. The van der Waals surface area contributed by atoms with Crippen LogP contribution < -0.4 is 11.1 Å². The van der Waals surface area contributed by atoms with Gasteiger partial charge in [-0.25, -0.2) is 4.79 Å². The summed E-state index contributed by atoms with van der Waals surface area (Å²) in [5, 5.41) is 14.4. The van der Waals surface area contributed by atoms with E-state index in [-0.39, 0.29) is 11.6 Å². The molecule has 1 aromatic carbocycles. The van der Waals surface area contributed by atoms with Crippen molar-refractivity contribution in [2.24, 2.45) is 0 Å². The Morgan fingerprint density at radius 3 is 2.89 bits per heavy atom. The minimum absolute atomic E-state index is 0.153. The number of rotatable bonds is 5. The number of carbonyl (C=O) groups is 1. The molecule has 1 aromatic heterocycles. The van der Waals surface area contributed by atoms with E-state index in [0.717, 1.165) is 6.42 Å². The van der Waals surface area contributed by atoms with Crippen LogP contribution in [0.25, 0.3) is 0 Å². The molecule has 0 spiro atoms. The lowest BCUT2D eigenvalue weighted by Gasteiger charge is -2.16. The summed E-state index contributed by atoms with van der Waals surface area (Å²) in [5.74, 6) is -0.974. The molecule has 0 bridgehead atoms. The van der Waals surface area contributed by atoms with Crippen molar-refractivity contribution in [2.45, 2.75) is 19.4 Å². The molecular weight excluding hydrogens is 260 g/mol. The molecule has 0 aliphatic carbocycles. The zero-order valence-corrected chi connectivity index (χ0v) is 11.4. The maximum Gasteiger partial charge on any atom is 0.337 e. The van der Waals surface area contributed by atoms with Gasteiger partial charge in [0.25, 0.3) is 0 Å². The molecule has 1 atom stereocenters. The number of carboxylic acids is 1. The maximum absolute atomic E-state index is 11.2. The van der Waals surface area contributed by atoms with E-state index in [0.29, 0.717) is 11.4 Å². The Kier molecular flexibility index (Phi) is 4.06. The Bertz CT molecular complexity index is 567. The van der Waals surface area contributed by atoms with Crippen LogP contribution >= 0.6 is 11.3 Å². The average molecular weight is 276 g/mol. The highest BCUT2D eigenvalue weighted by atomic mass is 32.1. The molecule has 0 saturated heterocycles. The molecule has 2 rings (SSSR count). The summed E-state index contributed by atoms with van der Waals surface area (Å²) in [5.41, 5.74) is 6.88. The number of carboxylic acid groups (broad SMARTS) is 1. The predicted molar refractivity (Wildman–Crippen MR) is 78.9 cm³/mol. The van der Waals surface area contributed by atoms with Gasteiger partial charge >= 0.3 is 5.97 Å². The SMILES string of the molecule is CC(Cc1cccs1)Nc1ccc(N)cc1C(=O)O. The number of anilines is 2. The van der Waals surface area contributed by atoms with E-state index in [2.05, 4.69) is 11.4 Å². The first kappa shape index (κ1) is 13.4. The minimum atomic E-state index is -0.974. The Balaban J connectivity index is 2.12. The van der Waals surface area contributed by atoms with Crippen molar-refractivity contribution in [1.29, 1.82) is 0 Å². The van der Waals surface area contributed by atoms with Crippen LogP contribution in [0.15, 0.2) is 35.7 Å². The van der Waals surface area contributed by atoms with Crippen LogP contribution in [0.3, 0.4) is 0 Å². The van der Waals surface area contributed by atoms with Crippen molar-refractivity contribution in [3.05, 3.63) is 46.2 Å². The number of nitrogen functional groups attached to an aromatic ring is 1. The molecule has 1 heterocycles. The Hall–Kier alpha value is -2.01. The van der Waals surface area contributed by atoms with Gasteiger partial charge in [0.2, 0.25) is 0 Å². The summed E-state index contributed by atoms with van der Waals surface area (Å²) >= 11 is 1.70. The maximum atomic E-state index is 11.2. The molecule has 2 aromatic rings. The van der Waals surface area contributed by atoms with Gasteiger partial charge < -0.3 is 16.2 Å². The van der Waals surface area contributed by atoms with Crippen LogP contribution in [0.4, 0.5) is 11.4 Å². The molecule has 5 heteroatoms. The number of aromatic carboxylic acids is 1. The van der Waals surface area contributed by atoms with Crippen LogP contribution in [0, 0.1) is 0 Å². The van der Waals surface area contributed by atoms with Gasteiger partial charge in [-0.15, -0.1) is 11.3 Å². The van der Waals surface area contributed by atoms with E-state index in [1.165, 1.54) is 10.9 Å². The van der Waals surface area contributed by atoms with E-state index in [4.69, 9.17) is 10.8 Å². The molecule has 0 radical (unpaired) electrons. The number of thiophene rings is 1. The van der Waals surface area contributed by atoms with Gasteiger partial charge in [-0.3, -0.25) is 0 Å². The summed E-state index contributed by atoms with van der Waals surface area (Å²) in [7, 11) is 0. The van der Waals surface area contributed by atoms with Gasteiger partial charge in [-0.05, 0) is 36.6 Å². The lowest BCUT2D eigenvalue weighted by atomic mass is 10.1. The highest BCUT2D eigenvalue weighted by Crippen LogP contribution is 2.21. The Morgan fingerprint density at radius 1 is 1.47 bits per heavy atom. The standard InChI is InChI=1S/C14H16N2O2S/c1-9(7-11-3-2-6-19-11)16-13-5-4-10(15)8-12(13)14(17)18/h2-6,8-9,16H,7,15H2,1H3,(H,17,18). The molecule has 1 unspecified atom stereocenters. The largest absolute Gasteiger partial charge is 0.478 e. The second kappa shape index (κ2) is 5.75. The van der Waals surface area contributed by atoms with Crippen LogP contribution in [0.1, 0.15) is 22.2 Å². The number of hydrogen-bond donors (Lipinski definition) is 3. The third-order valence-electron chi connectivity index (χ3n) is 2.76. The fourth-order valence-corrected chi connectivity index (χ4v) is 2.75. The molecule has 100 valence electrons. The van der Waals surface area contributed by atoms with Gasteiger partial charge in [0.05, 0.1) is 5.56 Å². The van der Waals surface area contributed by atoms with E-state index in [9.17, 15) is 4.79 Å². The van der Waals surface area contributed by atoms with Crippen LogP contribution in [0.5, 0.6) is 0 Å². The average Bonchev–Trinajstić information content (AvgIpc) is 2.83. The molecule has 19 heavy (non-hydrogen) atoms. The Labute approximate surface area is 115 Å². The van der Waals surface area contributed by atoms with Crippen molar-refractivity contribution >= 4 is 28.7 Å². The second-order valence-corrected chi connectivity index (χ2v) is 5.47. The minimum Gasteiger partial charge on any atom is -0.478 e. The predicted octanol–water partition coefficient (Wildman–Crippen LogP) is 3.07. The molecule has 4 nitrogen and oxygen atoms in total. The van der Waals surface area contributed by atoms with Gasteiger partial charge in [-0.2, -0.15) is 0 Å². The van der Waals surface area contributed by atoms with Crippen molar-refractivity contribution in [2.75, 3.05) is 11.1 Å². The highest BCUT2D eigenvalue weighted by Gasteiger charge is 2.13. The molecule has 4 N–H and O–H groups in total. The van der Waals surface area contributed by atoms with Gasteiger partial charge in [-0.1, -0.05) is 6.07 Å². The zero-order valence-electron chi connectivity index (χ0n) is 10.6. The van der Waals surface area contributed by atoms with Crippen molar-refractivity contribution in [1.82, 2.24) is 0 Å². The molecule has 0 fully saturated rings. The summed E-state index contributed by atoms with van der Waals surface area (Å²) < 4.78 is 0. The monoisotopic (exact) mass is 276 g/mol. The number of hydrogen-bond acceptors (Lipinski definition) is 4. The first-order valence-electron chi connectivity index (χ1n) is 5.98. The quantitative estimate of drug-likeness (QED) is 0.734. The van der Waals surface area contributed by atoms with Crippen LogP contribution in [0.2, 0.25) is 0 Å². The zero-order chi connectivity index (χ0) is 13.8. The number of nitrogens with two attached hydrogens (primary N) is 1. The topological polar surface area (TPSA) is 75.3 Å². The van der Waals surface area contributed by atoms with E-state index in [1.54, 1.807) is 23.5 Å². The summed E-state index contributed by atoms with van der Waals surface area (Å²) in [4.78, 5) is 12.4. The molecule has 0 saturated carbocycles. The normalized spacial score (nSPS) is 12.1. The molecular formula is C14H16N2O2S. The fraction of sp³-hybridized carbons (Fsp3) is 0.214. The lowest BCUT2D eigenvalue weighted by molar-refractivity contribution is 0.0698. The first-order valence-corrected chi connectivity index (χ1v) is 6.86. The van der Waals surface area contributed by atoms with Crippen molar-refractivity contribution in [3.8, 4) is 0 Å². The lowest BCUT2D eigenvalue weighted by Crippen LogP contribution is -2.19. The van der Waals surface area contributed by atoms with Gasteiger partial charge in [0, 0.05) is 28.7 Å². The fourth-order valence-electron chi connectivity index (χ4n) is 1.91. The molecule has 0 aliphatic heterocycles. The third-order valence-corrected chi connectivity index (χ3v) is 3.66. The number of benzene rings is 1. The van der Waals surface area contributed by atoms with Crippen LogP contribution in [-0.2, 0) is 6.42 Å². The third kappa shape index (κ3) is 3.48. The second-order valence-electron chi connectivity index (χ2n) is 4.44. The summed E-state index contributed by atoms with van der Waals surface area (Å²) in [6, 6.07) is 9.13. The smallest absolute Gasteiger partial charge is 0.337 e. The molecule has 0 amide bonds. The summed E-state index contributed by atoms with van der Waals surface area (Å²) in [6.45, 7) is 2.03. The van der Waals surface area contributed by atoms with E-state index >= 15 is 0 Å². The van der Waals surface area contributed by atoms with Crippen molar-refractivity contribution in [3.63, 3.8) is 0 Å². The van der Waals surface area contributed by atoms with E-state index in [1.807, 2.05) is 18.4 Å².